The highest BCUT2D eigenvalue weighted by Crippen LogP contribution is 2.18. The molecule has 1 heterocycles. The first kappa shape index (κ1) is 77.6. The van der Waals surface area contributed by atoms with Crippen molar-refractivity contribution in [3.8, 4) is 0 Å². The van der Waals surface area contributed by atoms with E-state index in [1.807, 2.05) is 0 Å². The summed E-state index contributed by atoms with van der Waals surface area (Å²) in [6.45, 7) is 24.0. The van der Waals surface area contributed by atoms with Crippen LogP contribution in [0, 0.1) is 0 Å². The molecule has 0 aromatic rings. The van der Waals surface area contributed by atoms with Crippen LogP contribution >= 0.6 is 0 Å². The second-order valence-electron chi connectivity index (χ2n) is 26.1. The molecule has 5 N–H and O–H groups in total. The van der Waals surface area contributed by atoms with E-state index in [1.165, 1.54) is 225 Å². The fourth-order valence-electron chi connectivity index (χ4n) is 12.4. The summed E-state index contributed by atoms with van der Waals surface area (Å²) in [7, 11) is 0. The minimum atomic E-state index is -0.385. The molecule has 0 bridgehead atoms. The quantitative estimate of drug-likeness (QED) is 0.0377. The van der Waals surface area contributed by atoms with Gasteiger partial charge in [0.2, 0.25) is 0 Å². The zero-order chi connectivity index (χ0) is 58.2. The van der Waals surface area contributed by atoms with Crippen LogP contribution < -0.4 is 0 Å². The van der Waals surface area contributed by atoms with Crippen LogP contribution in [0.1, 0.15) is 324 Å². The van der Waals surface area contributed by atoms with Crippen LogP contribution in [0.3, 0.4) is 0 Å². The highest BCUT2D eigenvalue weighted by atomic mass is 16.3. The fraction of sp³-hybridized carbons (Fsp3) is 1.00. The molecule has 0 amide bonds. The summed E-state index contributed by atoms with van der Waals surface area (Å²) >= 11 is 0. The van der Waals surface area contributed by atoms with E-state index in [9.17, 15) is 25.5 Å². The van der Waals surface area contributed by atoms with Gasteiger partial charge < -0.3 is 25.5 Å². The molecule has 0 saturated carbocycles. The summed E-state index contributed by atoms with van der Waals surface area (Å²) in [5, 5.41) is 56.9. The maximum absolute atomic E-state index is 11.5. The van der Waals surface area contributed by atoms with Gasteiger partial charge in [-0.3, -0.25) is 24.5 Å². The van der Waals surface area contributed by atoms with Gasteiger partial charge in [-0.05, 0) is 32.1 Å². The number of nitrogens with zero attached hydrogens (tertiary/aromatic N) is 5. The van der Waals surface area contributed by atoms with Gasteiger partial charge in [-0.15, -0.1) is 0 Å². The Balaban J connectivity index is 2.94. The molecule has 480 valence electrons. The Morgan fingerprint density at radius 3 is 0.650 bits per heavy atom. The lowest BCUT2D eigenvalue weighted by Crippen LogP contribution is -2.51. The van der Waals surface area contributed by atoms with E-state index >= 15 is 0 Å². The van der Waals surface area contributed by atoms with Gasteiger partial charge in [0, 0.05) is 98.2 Å². The van der Waals surface area contributed by atoms with Gasteiger partial charge in [0.05, 0.1) is 30.5 Å². The van der Waals surface area contributed by atoms with Crippen LogP contribution in [-0.4, -0.2) is 179 Å². The number of aliphatic hydroxyl groups excluding tert-OH is 5. The Bertz CT molecular complexity index is 1160. The number of piperazine rings is 1. The lowest BCUT2D eigenvalue weighted by Gasteiger charge is -2.37. The molecule has 0 radical (unpaired) electrons. The normalized spacial score (nSPS) is 15.7. The molecule has 1 saturated heterocycles. The van der Waals surface area contributed by atoms with Gasteiger partial charge in [0.25, 0.3) is 0 Å². The number of hydrogen-bond donors (Lipinski definition) is 5. The molecule has 5 atom stereocenters. The Kier molecular flexibility index (Phi) is 57.2. The van der Waals surface area contributed by atoms with Crippen molar-refractivity contribution in [1.29, 1.82) is 0 Å². The average Bonchev–Trinajstić information content (AvgIpc) is 3.45. The number of rotatable bonds is 64. The van der Waals surface area contributed by atoms with Crippen molar-refractivity contribution in [3.05, 3.63) is 0 Å². The fourth-order valence-corrected chi connectivity index (χ4v) is 12.4. The highest BCUT2D eigenvalue weighted by Gasteiger charge is 2.23. The molecular weight excluding hydrogens is 991 g/mol. The summed E-state index contributed by atoms with van der Waals surface area (Å²) in [6, 6.07) is 0. The standard InChI is InChI=1S/C70H145N5O5/c1-6-11-16-21-26-31-36-41-46-66(76)61-73(58-60-75(64-69(79)49-44-39-34-29-24-19-14-9-4)65-70(80)50-45-40-35-30-25-20-15-10-5)57-55-71-51-53-72(54-52-71)56-59-74(62-67(77)47-42-37-32-27-22-17-12-7-2)63-68(78)48-43-38-33-28-23-18-13-8-3/h66-70,76-80H,6-65H2,1-5H3/t66-,67?,68?,69-,70-/m0/s1. The Morgan fingerprint density at radius 1 is 0.237 bits per heavy atom. The van der Waals surface area contributed by atoms with Crippen LogP contribution in [0.25, 0.3) is 0 Å². The van der Waals surface area contributed by atoms with Crippen molar-refractivity contribution >= 4 is 0 Å². The van der Waals surface area contributed by atoms with Gasteiger partial charge in [0.15, 0.2) is 0 Å². The zero-order valence-electron chi connectivity index (χ0n) is 54.8. The topological polar surface area (TPSA) is 117 Å². The molecule has 1 aliphatic heterocycles. The van der Waals surface area contributed by atoms with Crippen molar-refractivity contribution in [1.82, 2.24) is 24.5 Å². The molecular formula is C70H145N5O5. The summed E-state index contributed by atoms with van der Waals surface area (Å²) < 4.78 is 0. The third-order valence-electron chi connectivity index (χ3n) is 18.0. The Labute approximate surface area is 500 Å². The number of hydrogen-bond acceptors (Lipinski definition) is 10. The molecule has 2 unspecified atom stereocenters. The van der Waals surface area contributed by atoms with Crippen molar-refractivity contribution in [2.45, 2.75) is 354 Å². The lowest BCUT2D eigenvalue weighted by atomic mass is 10.0. The largest absolute Gasteiger partial charge is 0.392 e. The van der Waals surface area contributed by atoms with Gasteiger partial charge in [-0.1, -0.05) is 291 Å². The van der Waals surface area contributed by atoms with E-state index in [-0.39, 0.29) is 30.5 Å². The lowest BCUT2D eigenvalue weighted by molar-refractivity contribution is 0.0419. The van der Waals surface area contributed by atoms with Crippen LogP contribution in [-0.2, 0) is 0 Å². The average molecular weight is 1140 g/mol. The summed E-state index contributed by atoms with van der Waals surface area (Å²) in [6.07, 6.45) is 53.2. The molecule has 0 aromatic carbocycles. The minimum absolute atomic E-state index is 0.342. The van der Waals surface area contributed by atoms with Crippen molar-refractivity contribution < 1.29 is 25.5 Å². The van der Waals surface area contributed by atoms with Gasteiger partial charge in [0.1, 0.15) is 0 Å². The molecule has 10 heteroatoms. The van der Waals surface area contributed by atoms with E-state index in [0.717, 1.165) is 130 Å². The van der Waals surface area contributed by atoms with Gasteiger partial charge >= 0.3 is 0 Å². The number of aliphatic hydroxyl groups is 5. The number of unbranched alkanes of at least 4 members (excludes halogenated alkanes) is 35. The van der Waals surface area contributed by atoms with Crippen LogP contribution in [0.5, 0.6) is 0 Å². The molecule has 1 rings (SSSR count). The third kappa shape index (κ3) is 50.9. The molecule has 10 nitrogen and oxygen atoms in total. The maximum atomic E-state index is 11.5. The first-order chi connectivity index (χ1) is 39.1. The smallest absolute Gasteiger partial charge is 0.0667 e. The van der Waals surface area contributed by atoms with Crippen molar-refractivity contribution in [3.63, 3.8) is 0 Å². The highest BCUT2D eigenvalue weighted by molar-refractivity contribution is 4.79. The second-order valence-corrected chi connectivity index (χ2v) is 26.1. The summed E-state index contributed by atoms with van der Waals surface area (Å²) in [5.41, 5.74) is 0. The van der Waals surface area contributed by atoms with E-state index in [2.05, 4.69) is 59.1 Å². The van der Waals surface area contributed by atoms with E-state index in [1.54, 1.807) is 0 Å². The maximum Gasteiger partial charge on any atom is 0.0667 e. The van der Waals surface area contributed by atoms with E-state index in [4.69, 9.17) is 0 Å². The van der Waals surface area contributed by atoms with Crippen molar-refractivity contribution in [2.24, 2.45) is 0 Å². The molecule has 0 spiro atoms. The van der Waals surface area contributed by atoms with Crippen LogP contribution in [0.15, 0.2) is 0 Å². The monoisotopic (exact) mass is 1140 g/mol. The van der Waals surface area contributed by atoms with E-state index in [0.29, 0.717) is 32.7 Å². The Hall–Kier alpha value is -0.400. The minimum Gasteiger partial charge on any atom is -0.392 e. The first-order valence-electron chi connectivity index (χ1n) is 36.2. The predicted octanol–water partition coefficient (Wildman–Crippen LogP) is 16.0. The van der Waals surface area contributed by atoms with Gasteiger partial charge in [-0.2, -0.15) is 0 Å². The molecule has 0 aliphatic carbocycles. The Morgan fingerprint density at radius 2 is 0.412 bits per heavy atom. The first-order valence-corrected chi connectivity index (χ1v) is 36.2. The van der Waals surface area contributed by atoms with Crippen molar-refractivity contribution in [2.75, 3.05) is 98.2 Å². The van der Waals surface area contributed by atoms with E-state index < -0.39 is 0 Å². The molecule has 1 fully saturated rings. The molecule has 80 heavy (non-hydrogen) atoms. The molecule has 1 aliphatic rings. The summed E-state index contributed by atoms with van der Waals surface area (Å²) in [4.78, 5) is 12.4. The zero-order valence-corrected chi connectivity index (χ0v) is 54.8. The van der Waals surface area contributed by atoms with Gasteiger partial charge in [-0.25, -0.2) is 0 Å². The van der Waals surface area contributed by atoms with Crippen LogP contribution in [0.2, 0.25) is 0 Å². The van der Waals surface area contributed by atoms with Crippen LogP contribution in [0.4, 0.5) is 0 Å². The predicted molar refractivity (Wildman–Crippen MR) is 348 cm³/mol. The molecule has 0 aromatic heterocycles. The second kappa shape index (κ2) is 59.0. The third-order valence-corrected chi connectivity index (χ3v) is 18.0. The summed E-state index contributed by atoms with van der Waals surface area (Å²) in [5.74, 6) is 0. The SMILES string of the molecule is CCCCCCCCCCC(O)CN(CCN1CCN(CCN(CCN(C[C@@H](O)CCCCCCCCCC)C[C@@H](O)CCCCCCCCCC)C[C@@H](O)CCCCCCCCCC)CC1)CC(O)CCCCCCCCCC.